The summed E-state index contributed by atoms with van der Waals surface area (Å²) in [6, 6.07) is -1.52. The Hall–Kier alpha value is -0.270. The number of amides is 1. The van der Waals surface area contributed by atoms with E-state index in [9.17, 15) is 23.1 Å². The first-order chi connectivity index (χ1) is 8.27. The van der Waals surface area contributed by atoms with Gasteiger partial charge in [0, 0.05) is 5.75 Å². The molecule has 2 aliphatic heterocycles. The molecule has 3 atom stereocenters. The van der Waals surface area contributed by atoms with Gasteiger partial charge in [-0.2, -0.15) is 5.26 Å². The number of nitrogens with zero attached hydrogens (tertiary/aromatic N) is 2. The number of carboxylic acid groups (broad SMARTS) is 1. The number of rotatable bonds is 3. The van der Waals surface area contributed by atoms with Crippen molar-refractivity contribution >= 4 is 33.5 Å². The van der Waals surface area contributed by atoms with Gasteiger partial charge in [-0.3, -0.25) is 4.79 Å². The third-order valence-corrected chi connectivity index (χ3v) is 7.29. The first-order valence-electron chi connectivity index (χ1n) is 5.03. The van der Waals surface area contributed by atoms with Crippen LogP contribution in [0.3, 0.4) is 0 Å². The van der Waals surface area contributed by atoms with Gasteiger partial charge in [0.2, 0.25) is 5.91 Å². The molecule has 0 aromatic carbocycles. The maximum Gasteiger partial charge on any atom is 1.00 e. The number of hydrogen-bond donors (Lipinski definition) is 0. The summed E-state index contributed by atoms with van der Waals surface area (Å²) < 4.78 is 22.8. The molecule has 2 heterocycles. The fraction of sp³-hybridized carbons (Fsp3) is 0.667. The molecule has 2 fully saturated rings. The molecule has 0 aliphatic carbocycles. The third kappa shape index (κ3) is 2.10. The number of carbonyl (C=O) groups excluding carboxylic acids is 2. The second kappa shape index (κ2) is 5.26. The summed E-state index contributed by atoms with van der Waals surface area (Å²) in [5, 5.41) is 20.3. The summed E-state index contributed by atoms with van der Waals surface area (Å²) in [5.74, 6) is -2.32. The molecule has 0 spiro atoms. The Kier molecular flexibility index (Phi) is 4.64. The molecule has 19 heavy (non-hydrogen) atoms. The zero-order chi connectivity index (χ0) is 13.7. The van der Waals surface area contributed by atoms with Crippen LogP contribution in [-0.4, -0.2) is 47.1 Å². The van der Waals surface area contributed by atoms with Crippen molar-refractivity contribution < 1.29 is 52.7 Å². The summed E-state index contributed by atoms with van der Waals surface area (Å²) in [5.41, 5.74) is 0. The van der Waals surface area contributed by atoms with Gasteiger partial charge in [0.15, 0.2) is 9.84 Å². The summed E-state index contributed by atoms with van der Waals surface area (Å²) in [4.78, 5) is 23.4. The fourth-order valence-electron chi connectivity index (χ4n) is 2.43. The SMILES string of the molecule is C[C@]1(CSC#N)[C@H](C(=O)[O-])N2C(=O)C[C@H]2S1(=O)=O.[Na+]. The van der Waals surface area contributed by atoms with Crippen LogP contribution in [0.5, 0.6) is 0 Å². The van der Waals surface area contributed by atoms with Crippen LogP contribution in [0.4, 0.5) is 0 Å². The normalized spacial score (nSPS) is 34.7. The van der Waals surface area contributed by atoms with Crippen molar-refractivity contribution in [2.45, 2.75) is 29.5 Å². The molecule has 0 bridgehead atoms. The second-order valence-corrected chi connectivity index (χ2v) is 7.75. The Labute approximate surface area is 136 Å². The van der Waals surface area contributed by atoms with E-state index in [1.807, 2.05) is 0 Å². The van der Waals surface area contributed by atoms with Crippen molar-refractivity contribution in [3.8, 4) is 5.40 Å². The molecular formula is C9H9N2NaO5S2. The quantitative estimate of drug-likeness (QED) is 0.291. The second-order valence-electron chi connectivity index (χ2n) is 4.42. The zero-order valence-corrected chi connectivity index (χ0v) is 14.0. The van der Waals surface area contributed by atoms with Crippen molar-refractivity contribution in [1.82, 2.24) is 4.90 Å². The number of fused-ring (bicyclic) bond motifs is 1. The Morgan fingerprint density at radius 3 is 2.68 bits per heavy atom. The number of hydrogen-bond acceptors (Lipinski definition) is 7. The minimum atomic E-state index is -3.81. The summed E-state index contributed by atoms with van der Waals surface area (Å²) in [6.45, 7) is 1.25. The number of aliphatic carboxylic acids is 1. The molecule has 0 saturated carbocycles. The number of carboxylic acids is 1. The van der Waals surface area contributed by atoms with Crippen LogP contribution in [0.25, 0.3) is 0 Å². The van der Waals surface area contributed by atoms with E-state index in [2.05, 4.69) is 0 Å². The molecule has 0 radical (unpaired) electrons. The standard InChI is InChI=1S/C9H10N2O5S2.Na/c1-9(3-17-4-10)7(8(13)14)11-5(12)2-6(11)18(9,15)16;/h6-7H,2-3H2,1H3,(H,13,14);/q;+1/p-1/t6-,7+,9+;/m1./s1. The Bertz CT molecular complexity index is 572. The van der Waals surface area contributed by atoms with Crippen LogP contribution >= 0.6 is 11.8 Å². The monoisotopic (exact) mass is 312 g/mol. The van der Waals surface area contributed by atoms with E-state index in [0.717, 1.165) is 4.90 Å². The predicted molar refractivity (Wildman–Crippen MR) is 59.4 cm³/mol. The van der Waals surface area contributed by atoms with E-state index < -0.39 is 37.9 Å². The van der Waals surface area contributed by atoms with E-state index in [4.69, 9.17) is 5.26 Å². The number of thioether (sulfide) groups is 1. The molecule has 1 amide bonds. The van der Waals surface area contributed by atoms with Gasteiger partial charge in [0.25, 0.3) is 0 Å². The van der Waals surface area contributed by atoms with E-state index in [1.165, 1.54) is 6.92 Å². The van der Waals surface area contributed by atoms with Crippen molar-refractivity contribution in [3.63, 3.8) is 0 Å². The maximum atomic E-state index is 12.2. The molecule has 2 rings (SSSR count). The van der Waals surface area contributed by atoms with Crippen molar-refractivity contribution in [1.29, 1.82) is 5.26 Å². The van der Waals surface area contributed by atoms with Gasteiger partial charge in [0.1, 0.15) is 15.5 Å². The molecule has 7 nitrogen and oxygen atoms in total. The summed E-state index contributed by atoms with van der Waals surface area (Å²) in [6.07, 6.45) is -0.196. The van der Waals surface area contributed by atoms with E-state index in [0.29, 0.717) is 11.8 Å². The number of sulfone groups is 1. The van der Waals surface area contributed by atoms with Crippen LogP contribution in [0.15, 0.2) is 0 Å². The van der Waals surface area contributed by atoms with Crippen LogP contribution in [0.2, 0.25) is 0 Å². The number of carbonyl (C=O) groups is 2. The first-order valence-corrected chi connectivity index (χ1v) is 7.57. The number of β-lactam (4-membered cyclic amide) rings is 1. The third-order valence-electron chi connectivity index (χ3n) is 3.46. The summed E-state index contributed by atoms with van der Waals surface area (Å²) in [7, 11) is -3.81. The van der Waals surface area contributed by atoms with Gasteiger partial charge < -0.3 is 14.8 Å². The van der Waals surface area contributed by atoms with E-state index >= 15 is 0 Å². The van der Waals surface area contributed by atoms with Crippen molar-refractivity contribution in [2.75, 3.05) is 5.75 Å². The van der Waals surface area contributed by atoms with Gasteiger partial charge in [-0.15, -0.1) is 0 Å². The van der Waals surface area contributed by atoms with Gasteiger partial charge >= 0.3 is 29.6 Å². The molecule has 98 valence electrons. The average molecular weight is 312 g/mol. The average Bonchev–Trinajstić information content (AvgIpc) is 2.41. The molecule has 0 unspecified atom stereocenters. The predicted octanol–water partition coefficient (Wildman–Crippen LogP) is -4.93. The Morgan fingerprint density at radius 2 is 2.26 bits per heavy atom. The van der Waals surface area contributed by atoms with Crippen LogP contribution in [-0.2, 0) is 19.4 Å². The van der Waals surface area contributed by atoms with Gasteiger partial charge in [-0.25, -0.2) is 8.42 Å². The van der Waals surface area contributed by atoms with Gasteiger partial charge in [-0.1, -0.05) is 0 Å². The minimum Gasteiger partial charge on any atom is -0.548 e. The topological polar surface area (TPSA) is 118 Å². The minimum absolute atomic E-state index is 0. The maximum absolute atomic E-state index is 12.2. The van der Waals surface area contributed by atoms with E-state index in [1.54, 1.807) is 5.40 Å². The van der Waals surface area contributed by atoms with Gasteiger partial charge in [0.05, 0.1) is 18.4 Å². The Balaban J connectivity index is 0.00000180. The van der Waals surface area contributed by atoms with E-state index in [-0.39, 0.29) is 41.7 Å². The number of thiocyanates is 1. The molecule has 10 heteroatoms. The van der Waals surface area contributed by atoms with Crippen molar-refractivity contribution in [2.24, 2.45) is 0 Å². The molecule has 2 aliphatic rings. The molecule has 0 aromatic heterocycles. The molecule has 2 saturated heterocycles. The first kappa shape index (κ1) is 16.8. The Morgan fingerprint density at radius 1 is 1.68 bits per heavy atom. The smallest absolute Gasteiger partial charge is 0.548 e. The largest absolute Gasteiger partial charge is 1.00 e. The molecule has 0 aromatic rings. The summed E-state index contributed by atoms with van der Waals surface area (Å²) >= 11 is 0.658. The number of nitriles is 1. The van der Waals surface area contributed by atoms with Crippen LogP contribution in [0, 0.1) is 10.7 Å². The fourth-order valence-corrected chi connectivity index (χ4v) is 5.82. The van der Waals surface area contributed by atoms with Crippen LogP contribution in [0.1, 0.15) is 13.3 Å². The molecule has 0 N–H and O–H groups in total. The van der Waals surface area contributed by atoms with Crippen LogP contribution < -0.4 is 34.7 Å². The van der Waals surface area contributed by atoms with Crippen molar-refractivity contribution in [3.05, 3.63) is 0 Å². The molecular weight excluding hydrogens is 303 g/mol. The zero-order valence-electron chi connectivity index (χ0n) is 10.3. The van der Waals surface area contributed by atoms with Gasteiger partial charge in [-0.05, 0) is 18.7 Å².